The molecule has 138 valence electrons. The zero-order valence-corrected chi connectivity index (χ0v) is 15.6. The van der Waals surface area contributed by atoms with Crippen molar-refractivity contribution in [3.8, 4) is 0 Å². The minimum atomic E-state index is -3.61. The number of aryl methyl sites for hydroxylation is 1. The first kappa shape index (κ1) is 18.4. The largest absolute Gasteiger partial charge is 0.398 e. The van der Waals surface area contributed by atoms with E-state index in [1.807, 2.05) is 25.1 Å². The molecule has 2 aromatic rings. The molecule has 0 fully saturated rings. The molecule has 1 aliphatic rings. The Bertz CT molecular complexity index is 908. The zero-order chi connectivity index (χ0) is 18.7. The van der Waals surface area contributed by atoms with E-state index in [9.17, 15) is 13.2 Å². The Kier molecular flexibility index (Phi) is 5.29. The van der Waals surface area contributed by atoms with Gasteiger partial charge in [-0.15, -0.1) is 0 Å². The van der Waals surface area contributed by atoms with E-state index in [0.29, 0.717) is 12.2 Å². The predicted octanol–water partition coefficient (Wildman–Crippen LogP) is 2.23. The number of fused-ring (bicyclic) bond motifs is 1. The van der Waals surface area contributed by atoms with Gasteiger partial charge < -0.3 is 10.6 Å². The van der Waals surface area contributed by atoms with Crippen LogP contribution in [0.1, 0.15) is 24.0 Å². The standard InChI is InChI=1S/C19H23N3O3S/c1-14-7-9-15(10-8-14)26(24,25)21-12-11-19(23)22-13-3-4-16-17(20)5-2-6-18(16)22/h2,5-10,21H,3-4,11-13,20H2,1H3. The summed E-state index contributed by atoms with van der Waals surface area (Å²) in [6.07, 6.45) is 1.80. The summed E-state index contributed by atoms with van der Waals surface area (Å²) in [5.74, 6) is -0.108. The van der Waals surface area contributed by atoms with Gasteiger partial charge in [-0.1, -0.05) is 23.8 Å². The van der Waals surface area contributed by atoms with Crippen molar-refractivity contribution < 1.29 is 13.2 Å². The highest BCUT2D eigenvalue weighted by Crippen LogP contribution is 2.31. The summed E-state index contributed by atoms with van der Waals surface area (Å²) in [7, 11) is -3.61. The van der Waals surface area contributed by atoms with E-state index in [1.54, 1.807) is 29.2 Å². The molecule has 26 heavy (non-hydrogen) atoms. The van der Waals surface area contributed by atoms with Crippen LogP contribution in [0.5, 0.6) is 0 Å². The van der Waals surface area contributed by atoms with Crippen LogP contribution in [0, 0.1) is 6.92 Å². The van der Waals surface area contributed by atoms with Crippen LogP contribution in [0.15, 0.2) is 47.4 Å². The van der Waals surface area contributed by atoms with Gasteiger partial charge in [0.15, 0.2) is 0 Å². The third kappa shape index (κ3) is 3.89. The van der Waals surface area contributed by atoms with Crippen molar-refractivity contribution in [1.82, 2.24) is 4.72 Å². The normalized spacial score (nSPS) is 14.1. The molecule has 0 spiro atoms. The number of nitrogens with two attached hydrogens (primary N) is 1. The lowest BCUT2D eigenvalue weighted by Crippen LogP contribution is -2.38. The summed E-state index contributed by atoms with van der Waals surface area (Å²) in [6, 6.07) is 12.2. The van der Waals surface area contributed by atoms with Crippen LogP contribution >= 0.6 is 0 Å². The molecule has 0 saturated heterocycles. The average molecular weight is 373 g/mol. The van der Waals surface area contributed by atoms with E-state index in [0.717, 1.165) is 29.7 Å². The van der Waals surface area contributed by atoms with Gasteiger partial charge in [0.25, 0.3) is 0 Å². The molecular weight excluding hydrogens is 350 g/mol. The molecule has 1 amide bonds. The van der Waals surface area contributed by atoms with Gasteiger partial charge in [0.1, 0.15) is 0 Å². The molecular formula is C19H23N3O3S. The lowest BCUT2D eigenvalue weighted by atomic mass is 9.99. The number of nitrogen functional groups attached to an aromatic ring is 1. The number of hydrogen-bond donors (Lipinski definition) is 2. The van der Waals surface area contributed by atoms with Gasteiger partial charge in [0, 0.05) is 30.9 Å². The first-order chi connectivity index (χ1) is 12.4. The summed E-state index contributed by atoms with van der Waals surface area (Å²) in [4.78, 5) is 14.5. The first-order valence-corrected chi connectivity index (χ1v) is 10.1. The molecule has 0 aliphatic carbocycles. The van der Waals surface area contributed by atoms with Crippen molar-refractivity contribution in [2.24, 2.45) is 0 Å². The number of rotatable bonds is 5. The maximum atomic E-state index is 12.6. The van der Waals surface area contributed by atoms with Gasteiger partial charge in [-0.05, 0) is 49.6 Å². The minimum absolute atomic E-state index is 0.0587. The second-order valence-electron chi connectivity index (χ2n) is 6.45. The Morgan fingerprint density at radius 3 is 2.65 bits per heavy atom. The third-order valence-electron chi connectivity index (χ3n) is 4.55. The molecule has 7 heteroatoms. The van der Waals surface area contributed by atoms with Gasteiger partial charge in [0.2, 0.25) is 15.9 Å². The van der Waals surface area contributed by atoms with Crippen molar-refractivity contribution in [2.45, 2.75) is 31.1 Å². The van der Waals surface area contributed by atoms with E-state index in [4.69, 9.17) is 5.73 Å². The molecule has 6 nitrogen and oxygen atoms in total. The van der Waals surface area contributed by atoms with Crippen molar-refractivity contribution >= 4 is 27.3 Å². The van der Waals surface area contributed by atoms with E-state index in [-0.39, 0.29) is 23.8 Å². The summed E-state index contributed by atoms with van der Waals surface area (Å²) >= 11 is 0. The van der Waals surface area contributed by atoms with Gasteiger partial charge in [0.05, 0.1) is 4.90 Å². The van der Waals surface area contributed by atoms with Gasteiger partial charge in [-0.3, -0.25) is 4.79 Å². The van der Waals surface area contributed by atoms with Crippen LogP contribution in [0.25, 0.3) is 0 Å². The molecule has 0 unspecified atom stereocenters. The van der Waals surface area contributed by atoms with Crippen molar-refractivity contribution in [2.75, 3.05) is 23.7 Å². The van der Waals surface area contributed by atoms with Crippen LogP contribution in [0.3, 0.4) is 0 Å². The maximum Gasteiger partial charge on any atom is 0.240 e. The zero-order valence-electron chi connectivity index (χ0n) is 14.7. The van der Waals surface area contributed by atoms with Crippen molar-refractivity contribution in [3.05, 3.63) is 53.6 Å². The Hall–Kier alpha value is -2.38. The molecule has 1 heterocycles. The lowest BCUT2D eigenvalue weighted by Gasteiger charge is -2.30. The molecule has 0 bridgehead atoms. The average Bonchev–Trinajstić information content (AvgIpc) is 2.62. The van der Waals surface area contributed by atoms with E-state index in [1.165, 1.54) is 0 Å². The topological polar surface area (TPSA) is 92.5 Å². The van der Waals surface area contributed by atoms with E-state index < -0.39 is 10.0 Å². The number of carbonyl (C=O) groups is 1. The lowest BCUT2D eigenvalue weighted by molar-refractivity contribution is -0.118. The van der Waals surface area contributed by atoms with Crippen LogP contribution in [-0.4, -0.2) is 27.4 Å². The van der Waals surface area contributed by atoms with Crippen LogP contribution in [0.2, 0.25) is 0 Å². The summed E-state index contributed by atoms with van der Waals surface area (Å²) in [5.41, 5.74) is 9.52. The summed E-state index contributed by atoms with van der Waals surface area (Å²) < 4.78 is 27.1. The Balaban J connectivity index is 1.63. The van der Waals surface area contributed by atoms with Crippen molar-refractivity contribution in [1.29, 1.82) is 0 Å². The summed E-state index contributed by atoms with van der Waals surface area (Å²) in [6.45, 7) is 2.58. The fourth-order valence-electron chi connectivity index (χ4n) is 3.14. The Morgan fingerprint density at radius 1 is 1.19 bits per heavy atom. The fourth-order valence-corrected chi connectivity index (χ4v) is 4.17. The number of benzene rings is 2. The van der Waals surface area contributed by atoms with E-state index in [2.05, 4.69) is 4.72 Å². The highest BCUT2D eigenvalue weighted by atomic mass is 32.2. The number of amides is 1. The number of nitrogens with zero attached hydrogens (tertiary/aromatic N) is 1. The van der Waals surface area contributed by atoms with Crippen LogP contribution < -0.4 is 15.4 Å². The molecule has 1 aliphatic heterocycles. The van der Waals surface area contributed by atoms with Crippen LogP contribution in [-0.2, 0) is 21.2 Å². The fraction of sp³-hybridized carbons (Fsp3) is 0.316. The number of anilines is 2. The maximum absolute atomic E-state index is 12.6. The highest BCUT2D eigenvalue weighted by Gasteiger charge is 2.24. The SMILES string of the molecule is Cc1ccc(S(=O)(=O)NCCC(=O)N2CCCc3c(N)cccc32)cc1. The molecule has 2 aromatic carbocycles. The smallest absolute Gasteiger partial charge is 0.240 e. The van der Waals surface area contributed by atoms with Gasteiger partial charge >= 0.3 is 0 Å². The molecule has 3 rings (SSSR count). The number of carbonyl (C=O) groups excluding carboxylic acids is 1. The van der Waals surface area contributed by atoms with Gasteiger partial charge in [-0.25, -0.2) is 13.1 Å². The summed E-state index contributed by atoms with van der Waals surface area (Å²) in [5, 5.41) is 0. The first-order valence-electron chi connectivity index (χ1n) is 8.62. The third-order valence-corrected chi connectivity index (χ3v) is 6.03. The molecule has 0 saturated carbocycles. The minimum Gasteiger partial charge on any atom is -0.398 e. The number of sulfonamides is 1. The van der Waals surface area contributed by atoms with Gasteiger partial charge in [-0.2, -0.15) is 0 Å². The number of hydrogen-bond acceptors (Lipinski definition) is 4. The Labute approximate surface area is 154 Å². The predicted molar refractivity (Wildman–Crippen MR) is 103 cm³/mol. The monoisotopic (exact) mass is 373 g/mol. The molecule has 0 atom stereocenters. The van der Waals surface area contributed by atoms with Crippen LogP contribution in [0.4, 0.5) is 11.4 Å². The second kappa shape index (κ2) is 7.47. The number of nitrogens with one attached hydrogen (secondary N) is 1. The second-order valence-corrected chi connectivity index (χ2v) is 8.22. The highest BCUT2D eigenvalue weighted by molar-refractivity contribution is 7.89. The molecule has 0 aromatic heterocycles. The van der Waals surface area contributed by atoms with Crippen molar-refractivity contribution in [3.63, 3.8) is 0 Å². The Morgan fingerprint density at radius 2 is 1.92 bits per heavy atom. The quantitative estimate of drug-likeness (QED) is 0.786. The molecule has 3 N–H and O–H groups in total. The molecule has 0 radical (unpaired) electrons. The van der Waals surface area contributed by atoms with E-state index >= 15 is 0 Å².